The molecule has 0 spiro atoms. The Balaban J connectivity index is -0.0000000417. The molecular formula is H10Ca3O4P2. The zero-order valence-electron chi connectivity index (χ0n) is 2.74. The van der Waals surface area contributed by atoms with E-state index in [4.69, 9.17) is 9.79 Å². The van der Waals surface area contributed by atoms with Gasteiger partial charge in [-0.25, -0.2) is 4.57 Å². The van der Waals surface area contributed by atoms with Crippen LogP contribution in [-0.2, 0) is 8.88 Å². The quantitative estimate of drug-likeness (QED) is 0.391. The Morgan fingerprint density at radius 2 is 1.33 bits per heavy atom. The average Bonchev–Trinajstić information content (AvgIpc) is 1.35. The molecular weight excluding hydrogens is 246 g/mol. The van der Waals surface area contributed by atoms with E-state index >= 15 is 0 Å². The minimum atomic E-state index is -4.18. The Hall–Kier alpha value is 4.32. The molecule has 0 saturated heterocycles. The Morgan fingerprint density at radius 1 is 1.22 bits per heavy atom. The van der Waals surface area contributed by atoms with E-state index in [1.807, 2.05) is 0 Å². The number of phosphoric acid groups is 1. The van der Waals surface area contributed by atoms with Crippen LogP contribution in [0.5, 0.6) is 0 Å². The van der Waals surface area contributed by atoms with Crippen molar-refractivity contribution in [1.82, 2.24) is 0 Å². The van der Waals surface area contributed by atoms with Gasteiger partial charge in [0.1, 0.15) is 0 Å². The van der Waals surface area contributed by atoms with Crippen molar-refractivity contribution in [1.29, 1.82) is 0 Å². The van der Waals surface area contributed by atoms with Gasteiger partial charge in [-0.1, -0.05) is 0 Å². The molecule has 0 saturated carbocycles. The Morgan fingerprint density at radius 3 is 1.33 bits per heavy atom. The van der Waals surface area contributed by atoms with Crippen LogP contribution < -0.4 is 0 Å². The van der Waals surface area contributed by atoms with Gasteiger partial charge in [0.2, 0.25) is 0 Å². The molecule has 0 radical (unpaired) electrons. The molecule has 1 atom stereocenters. The Kier molecular flexibility index (Phi) is 31.9. The number of hydrogen-bond acceptors (Lipinski definition) is 2. The number of hydrogen-bond donors (Lipinski definition) is 2. The predicted molar refractivity (Wildman–Crippen MR) is 48.5 cm³/mol. The van der Waals surface area contributed by atoms with E-state index in [2.05, 4.69) is 4.31 Å². The Labute approximate surface area is 145 Å². The molecule has 0 fully saturated rings. The van der Waals surface area contributed by atoms with Gasteiger partial charge in [-0.15, -0.1) is 0 Å². The second-order valence-corrected chi connectivity index (χ2v) is 2.42. The van der Waals surface area contributed by atoms with E-state index in [0.29, 0.717) is 0 Å². The first kappa shape index (κ1) is 23.3. The van der Waals surface area contributed by atoms with Crippen molar-refractivity contribution in [3.05, 3.63) is 0 Å². The predicted octanol–water partition coefficient (Wildman–Crippen LogP) is -2.86. The molecule has 0 aliphatic rings. The summed E-state index contributed by atoms with van der Waals surface area (Å²) in [4.78, 5) is 15.4. The summed E-state index contributed by atoms with van der Waals surface area (Å²) in [6, 6.07) is 0. The van der Waals surface area contributed by atoms with Crippen molar-refractivity contribution in [3.63, 3.8) is 0 Å². The van der Waals surface area contributed by atoms with Gasteiger partial charge in [-0.2, -0.15) is 0 Å². The summed E-state index contributed by atoms with van der Waals surface area (Å²) in [6.45, 7) is 0. The van der Waals surface area contributed by atoms with Crippen molar-refractivity contribution in [2.75, 3.05) is 0 Å². The fraction of sp³-hybridized carbons (Fsp3) is 0. The van der Waals surface area contributed by atoms with Crippen LogP contribution >= 0.6 is 17.3 Å². The van der Waals surface area contributed by atoms with Gasteiger partial charge in [-0.05, 0) is 0 Å². The Bertz CT molecular complexity index is 77.9. The van der Waals surface area contributed by atoms with Crippen LogP contribution in [0.2, 0.25) is 0 Å². The zero-order chi connectivity index (χ0) is 5.21. The van der Waals surface area contributed by atoms with E-state index in [1.165, 1.54) is 9.47 Å². The van der Waals surface area contributed by atoms with Crippen LogP contribution in [-0.4, -0.2) is 123 Å². The molecule has 4 nitrogen and oxygen atoms in total. The first-order valence-electron chi connectivity index (χ1n) is 1.00. The molecule has 0 aromatic heterocycles. The average molecular weight is 256 g/mol. The summed E-state index contributed by atoms with van der Waals surface area (Å²) >= 11 is 0. The summed E-state index contributed by atoms with van der Waals surface area (Å²) in [5.41, 5.74) is 0. The van der Waals surface area contributed by atoms with E-state index in [1.54, 1.807) is 0 Å². The van der Waals surface area contributed by atoms with Crippen LogP contribution in [0.4, 0.5) is 0 Å². The third-order valence-electron chi connectivity index (χ3n) is 0.137. The molecule has 2 N–H and O–H groups in total. The van der Waals surface area contributed by atoms with Gasteiger partial charge in [0.25, 0.3) is 0 Å². The van der Waals surface area contributed by atoms with E-state index < -0.39 is 7.82 Å². The van der Waals surface area contributed by atoms with Crippen LogP contribution in [0.1, 0.15) is 0 Å². The SMILES string of the molecule is O=P(O)(O)OP.[CaH2].[CaH2].[CaH2]. The summed E-state index contributed by atoms with van der Waals surface area (Å²) in [5, 5.41) is 0. The third kappa shape index (κ3) is 24.5. The van der Waals surface area contributed by atoms with Gasteiger partial charge in [0, 0.05) is 9.47 Å². The summed E-state index contributed by atoms with van der Waals surface area (Å²) in [7, 11) is -2.72. The molecule has 0 aromatic carbocycles. The van der Waals surface area contributed by atoms with Crippen LogP contribution in [0.3, 0.4) is 0 Å². The molecule has 0 aliphatic carbocycles. The monoisotopic (exact) mass is 256 g/mol. The molecule has 9 heavy (non-hydrogen) atoms. The van der Waals surface area contributed by atoms with Crippen molar-refractivity contribution in [2.24, 2.45) is 0 Å². The molecule has 0 heterocycles. The summed E-state index contributed by atoms with van der Waals surface area (Å²) < 4.78 is 13.0. The minimum absolute atomic E-state index is 0. The van der Waals surface area contributed by atoms with E-state index in [-0.39, 0.29) is 113 Å². The molecule has 9 heteroatoms. The third-order valence-corrected chi connectivity index (χ3v) is 1.24. The fourth-order valence-electron chi connectivity index (χ4n) is 0. The van der Waals surface area contributed by atoms with Crippen molar-refractivity contribution >= 4 is 131 Å². The standard InChI is InChI=1S/3Ca.H4O4P2.6H/c;;;1-6(2,3)4-5;;;;;;/h;;;5H2,(H2,1,2,3);;;;;;. The molecule has 0 bridgehead atoms. The van der Waals surface area contributed by atoms with Crippen LogP contribution in [0.15, 0.2) is 0 Å². The molecule has 50 valence electrons. The van der Waals surface area contributed by atoms with Gasteiger partial charge >= 0.3 is 121 Å². The maximum absolute atomic E-state index is 9.45. The van der Waals surface area contributed by atoms with Gasteiger partial charge in [0.05, 0.1) is 0 Å². The second kappa shape index (κ2) is 12.3. The number of rotatable bonds is 1. The molecule has 0 aromatic rings. The van der Waals surface area contributed by atoms with Crippen molar-refractivity contribution < 1.29 is 18.7 Å². The maximum atomic E-state index is 9.45. The van der Waals surface area contributed by atoms with Gasteiger partial charge in [0.15, 0.2) is 0 Å². The molecule has 0 rings (SSSR count). The van der Waals surface area contributed by atoms with E-state index in [9.17, 15) is 4.57 Å². The van der Waals surface area contributed by atoms with Gasteiger partial charge in [-0.3, -0.25) is 4.31 Å². The van der Waals surface area contributed by atoms with Crippen LogP contribution in [0, 0.1) is 0 Å². The van der Waals surface area contributed by atoms with Crippen LogP contribution in [0.25, 0.3) is 0 Å². The summed E-state index contributed by atoms with van der Waals surface area (Å²) in [5.74, 6) is 0. The van der Waals surface area contributed by atoms with Crippen molar-refractivity contribution in [3.8, 4) is 0 Å². The molecule has 0 amide bonds. The topological polar surface area (TPSA) is 66.8 Å². The zero-order valence-corrected chi connectivity index (χ0v) is 4.78. The van der Waals surface area contributed by atoms with E-state index in [0.717, 1.165) is 0 Å². The first-order valence-corrected chi connectivity index (χ1v) is 3.00. The fourth-order valence-corrected chi connectivity index (χ4v) is 0. The molecule has 0 aliphatic heterocycles. The first-order chi connectivity index (χ1) is 2.56. The second-order valence-electron chi connectivity index (χ2n) is 0.596. The van der Waals surface area contributed by atoms with Crippen molar-refractivity contribution in [2.45, 2.75) is 0 Å². The normalized spacial score (nSPS) is 7.89. The molecule has 1 unspecified atom stereocenters. The summed E-state index contributed by atoms with van der Waals surface area (Å²) in [6.07, 6.45) is 0. The van der Waals surface area contributed by atoms with Gasteiger partial charge < -0.3 is 9.79 Å².